The zero-order valence-corrected chi connectivity index (χ0v) is 15.0. The second-order valence-corrected chi connectivity index (χ2v) is 6.69. The Balaban J connectivity index is 1.67. The smallest absolute Gasteiger partial charge is 0.271 e. The molecule has 0 saturated carbocycles. The number of benzene rings is 2. The highest BCUT2D eigenvalue weighted by Crippen LogP contribution is 2.31. The SMILES string of the molecule is C[C@@H](Oc1ccc([N+](=O)[O-])cc1Cl)C(=O)N[C@@H]1CCCc2ccccc21. The van der Waals surface area contributed by atoms with Crippen molar-refractivity contribution in [2.45, 2.75) is 38.3 Å². The predicted molar refractivity (Wildman–Crippen MR) is 98.5 cm³/mol. The van der Waals surface area contributed by atoms with Gasteiger partial charge in [0.1, 0.15) is 5.75 Å². The number of hydrogen-bond donors (Lipinski definition) is 1. The van der Waals surface area contributed by atoms with Crippen LogP contribution in [0.1, 0.15) is 36.9 Å². The molecule has 136 valence electrons. The van der Waals surface area contributed by atoms with E-state index in [1.807, 2.05) is 18.2 Å². The minimum Gasteiger partial charge on any atom is -0.479 e. The van der Waals surface area contributed by atoms with Crippen LogP contribution >= 0.6 is 11.6 Å². The average molecular weight is 375 g/mol. The van der Waals surface area contributed by atoms with Crippen molar-refractivity contribution in [1.29, 1.82) is 0 Å². The first-order chi connectivity index (χ1) is 12.5. The molecule has 0 radical (unpaired) electrons. The van der Waals surface area contributed by atoms with Crippen molar-refractivity contribution >= 4 is 23.2 Å². The number of rotatable bonds is 5. The number of nitrogens with zero attached hydrogens (tertiary/aromatic N) is 1. The van der Waals surface area contributed by atoms with Crippen LogP contribution in [0, 0.1) is 10.1 Å². The number of fused-ring (bicyclic) bond motifs is 1. The first kappa shape index (κ1) is 18.2. The lowest BCUT2D eigenvalue weighted by Gasteiger charge is -2.27. The minimum absolute atomic E-state index is 0.0363. The summed E-state index contributed by atoms with van der Waals surface area (Å²) < 4.78 is 5.60. The lowest BCUT2D eigenvalue weighted by Crippen LogP contribution is -2.39. The molecule has 0 aromatic heterocycles. The molecule has 1 aliphatic rings. The van der Waals surface area contributed by atoms with Crippen molar-refractivity contribution in [3.05, 3.63) is 68.7 Å². The maximum atomic E-state index is 12.5. The number of nitro groups is 1. The average Bonchev–Trinajstić information content (AvgIpc) is 2.63. The topological polar surface area (TPSA) is 81.5 Å². The molecule has 0 bridgehead atoms. The summed E-state index contributed by atoms with van der Waals surface area (Å²) in [5.74, 6) is -0.00918. The van der Waals surface area contributed by atoms with E-state index >= 15 is 0 Å². The summed E-state index contributed by atoms with van der Waals surface area (Å²) >= 11 is 6.02. The number of non-ortho nitro benzene ring substituents is 1. The summed E-state index contributed by atoms with van der Waals surface area (Å²) in [4.78, 5) is 22.7. The van der Waals surface area contributed by atoms with E-state index in [-0.39, 0.29) is 28.4 Å². The molecule has 2 aromatic carbocycles. The Kier molecular flexibility index (Phi) is 5.42. The van der Waals surface area contributed by atoms with Crippen molar-refractivity contribution in [3.63, 3.8) is 0 Å². The Morgan fingerprint density at radius 2 is 2.12 bits per heavy atom. The molecule has 3 rings (SSSR count). The summed E-state index contributed by atoms with van der Waals surface area (Å²) in [6.45, 7) is 1.63. The third kappa shape index (κ3) is 3.96. The van der Waals surface area contributed by atoms with Crippen molar-refractivity contribution in [3.8, 4) is 5.75 Å². The molecule has 0 unspecified atom stereocenters. The molecule has 7 heteroatoms. The number of carbonyl (C=O) groups is 1. The summed E-state index contributed by atoms with van der Waals surface area (Å²) in [5.41, 5.74) is 2.28. The Morgan fingerprint density at radius 1 is 1.35 bits per heavy atom. The zero-order valence-electron chi connectivity index (χ0n) is 14.3. The first-order valence-electron chi connectivity index (χ1n) is 8.44. The normalized spacial score (nSPS) is 17.1. The number of ether oxygens (including phenoxy) is 1. The standard InChI is InChI=1S/C19H19ClN2O4/c1-12(26-18-10-9-14(22(24)25)11-16(18)20)19(23)21-17-8-4-6-13-5-2-3-7-15(13)17/h2-3,5,7,9-12,17H,4,6,8H2,1H3,(H,21,23)/t12-,17-/m1/s1. The van der Waals surface area contributed by atoms with Gasteiger partial charge in [0.05, 0.1) is 16.0 Å². The van der Waals surface area contributed by atoms with Gasteiger partial charge in [-0.15, -0.1) is 0 Å². The fourth-order valence-corrected chi connectivity index (χ4v) is 3.36. The van der Waals surface area contributed by atoms with Crippen molar-refractivity contribution in [2.24, 2.45) is 0 Å². The van der Waals surface area contributed by atoms with Crippen LogP contribution in [0.15, 0.2) is 42.5 Å². The van der Waals surface area contributed by atoms with E-state index in [9.17, 15) is 14.9 Å². The Morgan fingerprint density at radius 3 is 2.85 bits per heavy atom. The molecule has 0 fully saturated rings. The Labute approximate surface area is 156 Å². The number of hydrogen-bond acceptors (Lipinski definition) is 4. The van der Waals surface area contributed by atoms with Gasteiger partial charge in [-0.25, -0.2) is 0 Å². The summed E-state index contributed by atoms with van der Waals surface area (Å²) in [6.07, 6.45) is 2.15. The van der Waals surface area contributed by atoms with Gasteiger partial charge in [0, 0.05) is 12.1 Å². The van der Waals surface area contributed by atoms with E-state index < -0.39 is 11.0 Å². The monoisotopic (exact) mass is 374 g/mol. The molecule has 1 N–H and O–H groups in total. The molecule has 26 heavy (non-hydrogen) atoms. The highest BCUT2D eigenvalue weighted by molar-refractivity contribution is 6.32. The molecule has 2 aromatic rings. The number of aryl methyl sites for hydroxylation is 1. The van der Waals surface area contributed by atoms with Crippen molar-refractivity contribution in [2.75, 3.05) is 0 Å². The lowest BCUT2D eigenvalue weighted by molar-refractivity contribution is -0.384. The van der Waals surface area contributed by atoms with Gasteiger partial charge in [-0.2, -0.15) is 0 Å². The number of halogens is 1. The molecule has 0 heterocycles. The third-order valence-corrected chi connectivity index (χ3v) is 4.78. The van der Waals surface area contributed by atoms with E-state index in [4.69, 9.17) is 16.3 Å². The van der Waals surface area contributed by atoms with Gasteiger partial charge in [0.2, 0.25) is 0 Å². The quantitative estimate of drug-likeness (QED) is 0.627. The first-order valence-corrected chi connectivity index (χ1v) is 8.82. The highest BCUT2D eigenvalue weighted by atomic mass is 35.5. The Hall–Kier alpha value is -2.60. The van der Waals surface area contributed by atoms with Crippen LogP contribution in [0.4, 0.5) is 5.69 Å². The van der Waals surface area contributed by atoms with E-state index in [0.29, 0.717) is 0 Å². The van der Waals surface area contributed by atoms with E-state index in [1.165, 1.54) is 23.8 Å². The molecule has 1 aliphatic carbocycles. The van der Waals surface area contributed by atoms with Gasteiger partial charge in [-0.05, 0) is 43.4 Å². The van der Waals surface area contributed by atoms with Gasteiger partial charge < -0.3 is 10.1 Å². The van der Waals surface area contributed by atoms with Crippen molar-refractivity contribution < 1.29 is 14.5 Å². The molecule has 2 atom stereocenters. The van der Waals surface area contributed by atoms with Crippen LogP contribution in [0.3, 0.4) is 0 Å². The van der Waals surface area contributed by atoms with Gasteiger partial charge in [0.15, 0.2) is 6.10 Å². The maximum absolute atomic E-state index is 12.5. The van der Waals surface area contributed by atoms with Gasteiger partial charge in [0.25, 0.3) is 11.6 Å². The van der Waals surface area contributed by atoms with Crippen LogP contribution in [0.25, 0.3) is 0 Å². The fourth-order valence-electron chi connectivity index (χ4n) is 3.14. The maximum Gasteiger partial charge on any atom is 0.271 e. The number of amides is 1. The van der Waals surface area contributed by atoms with Crippen molar-refractivity contribution in [1.82, 2.24) is 5.32 Å². The largest absolute Gasteiger partial charge is 0.479 e. The predicted octanol–water partition coefficient (Wildman–Crippen LogP) is 4.21. The van der Waals surface area contributed by atoms with Crippen LogP contribution in [-0.2, 0) is 11.2 Å². The molecular formula is C19H19ClN2O4. The van der Waals surface area contributed by atoms with Gasteiger partial charge >= 0.3 is 0 Å². The zero-order chi connectivity index (χ0) is 18.7. The molecule has 0 spiro atoms. The summed E-state index contributed by atoms with van der Waals surface area (Å²) in [7, 11) is 0. The number of nitrogens with one attached hydrogen (secondary N) is 1. The van der Waals surface area contributed by atoms with Crippen LogP contribution in [0.2, 0.25) is 5.02 Å². The molecular weight excluding hydrogens is 356 g/mol. The Bertz CT molecular complexity index is 840. The lowest BCUT2D eigenvalue weighted by atomic mass is 9.87. The van der Waals surface area contributed by atoms with Crippen LogP contribution in [-0.4, -0.2) is 16.9 Å². The number of nitro benzene ring substituents is 1. The van der Waals surface area contributed by atoms with Crippen LogP contribution < -0.4 is 10.1 Å². The second-order valence-electron chi connectivity index (χ2n) is 6.28. The second kappa shape index (κ2) is 7.74. The van der Waals surface area contributed by atoms with Gasteiger partial charge in [-0.3, -0.25) is 14.9 Å². The fraction of sp³-hybridized carbons (Fsp3) is 0.316. The minimum atomic E-state index is -0.775. The summed E-state index contributed by atoms with van der Waals surface area (Å²) in [6, 6.07) is 12.0. The molecule has 0 saturated heterocycles. The number of carbonyl (C=O) groups excluding carboxylic acids is 1. The molecule has 1 amide bonds. The van der Waals surface area contributed by atoms with E-state index in [2.05, 4.69) is 11.4 Å². The van der Waals surface area contributed by atoms with E-state index in [0.717, 1.165) is 24.8 Å². The third-order valence-electron chi connectivity index (χ3n) is 4.49. The van der Waals surface area contributed by atoms with E-state index in [1.54, 1.807) is 6.92 Å². The summed E-state index contributed by atoms with van der Waals surface area (Å²) in [5, 5.41) is 13.9. The highest BCUT2D eigenvalue weighted by Gasteiger charge is 2.25. The molecule has 0 aliphatic heterocycles. The molecule has 6 nitrogen and oxygen atoms in total. The van der Waals surface area contributed by atoms with Gasteiger partial charge in [-0.1, -0.05) is 35.9 Å². The van der Waals surface area contributed by atoms with Crippen LogP contribution in [0.5, 0.6) is 5.75 Å².